The van der Waals surface area contributed by atoms with E-state index in [0.29, 0.717) is 11.7 Å². The maximum absolute atomic E-state index is 10.6. The van der Waals surface area contributed by atoms with Gasteiger partial charge in [-0.25, -0.2) is 4.98 Å². The molecule has 0 unspecified atom stereocenters. The van der Waals surface area contributed by atoms with Gasteiger partial charge in [-0.05, 0) is 31.9 Å². The highest BCUT2D eigenvalue weighted by molar-refractivity contribution is 7.18. The first-order valence-corrected chi connectivity index (χ1v) is 7.47. The lowest BCUT2D eigenvalue weighted by molar-refractivity contribution is -0.380. The van der Waals surface area contributed by atoms with Gasteiger partial charge in [0.05, 0.1) is 16.0 Å². The quantitative estimate of drug-likeness (QED) is 0.482. The molecule has 1 saturated carbocycles. The molecule has 1 N–H and O–H groups in total. The van der Waals surface area contributed by atoms with Crippen molar-refractivity contribution in [3.05, 3.63) is 34.3 Å². The number of nitrogens with zero attached hydrogens (tertiary/aromatic N) is 2. The Balaban J connectivity index is 1.55. The average Bonchev–Trinajstić information content (AvgIpc) is 2.93. The fourth-order valence-electron chi connectivity index (χ4n) is 1.93. The van der Waals surface area contributed by atoms with Crippen molar-refractivity contribution in [3.8, 4) is 10.6 Å². The van der Waals surface area contributed by atoms with E-state index >= 15 is 0 Å². The molecule has 1 aliphatic rings. The predicted molar refractivity (Wildman–Crippen MR) is 75.8 cm³/mol. The van der Waals surface area contributed by atoms with E-state index in [4.69, 9.17) is 4.42 Å². The highest BCUT2D eigenvalue weighted by Gasteiger charge is 2.19. The Morgan fingerprint density at radius 1 is 1.50 bits per heavy atom. The van der Waals surface area contributed by atoms with Crippen LogP contribution in [0.15, 0.2) is 22.7 Å². The van der Waals surface area contributed by atoms with E-state index in [1.807, 2.05) is 0 Å². The Morgan fingerprint density at radius 3 is 3.05 bits per heavy atom. The third-order valence-corrected chi connectivity index (χ3v) is 4.20. The van der Waals surface area contributed by atoms with Crippen molar-refractivity contribution in [2.45, 2.75) is 31.7 Å². The van der Waals surface area contributed by atoms with Crippen LogP contribution in [0.25, 0.3) is 10.6 Å². The monoisotopic (exact) mass is 293 g/mol. The Hall–Kier alpha value is -1.73. The van der Waals surface area contributed by atoms with Gasteiger partial charge in [-0.15, -0.1) is 0 Å². The molecule has 0 aliphatic heterocycles. The van der Waals surface area contributed by atoms with Crippen LogP contribution >= 0.6 is 11.3 Å². The first-order chi connectivity index (χ1) is 9.72. The van der Waals surface area contributed by atoms with Gasteiger partial charge in [-0.1, -0.05) is 11.3 Å². The van der Waals surface area contributed by atoms with E-state index in [2.05, 4.69) is 10.3 Å². The van der Waals surface area contributed by atoms with Crippen LogP contribution in [0.3, 0.4) is 0 Å². The summed E-state index contributed by atoms with van der Waals surface area (Å²) in [6.07, 6.45) is 5.99. The summed E-state index contributed by atoms with van der Waals surface area (Å²) in [5.74, 6) is 1.29. The number of hydrogen-bond donors (Lipinski definition) is 1. The molecular formula is C13H15N3O3S. The average molecular weight is 293 g/mol. The van der Waals surface area contributed by atoms with Crippen LogP contribution in [0.5, 0.6) is 0 Å². The van der Waals surface area contributed by atoms with Crippen molar-refractivity contribution in [2.24, 2.45) is 0 Å². The fraction of sp³-hybridized carbons (Fsp3) is 0.462. The lowest BCUT2D eigenvalue weighted by Gasteiger charge is -1.99. The van der Waals surface area contributed by atoms with Crippen molar-refractivity contribution >= 4 is 16.3 Å². The Bertz CT molecular complexity index is 604. The van der Waals surface area contributed by atoms with Gasteiger partial charge in [0.15, 0.2) is 11.7 Å². The normalized spacial score (nSPS) is 14.6. The Labute approximate surface area is 120 Å². The van der Waals surface area contributed by atoms with Gasteiger partial charge in [0.25, 0.3) is 0 Å². The van der Waals surface area contributed by atoms with Crippen LogP contribution in [-0.2, 0) is 6.42 Å². The summed E-state index contributed by atoms with van der Waals surface area (Å²) < 4.78 is 5.63. The molecule has 0 atom stereocenters. The van der Waals surface area contributed by atoms with Crippen molar-refractivity contribution in [3.63, 3.8) is 0 Å². The largest absolute Gasteiger partial charge is 0.440 e. The second-order valence-electron chi connectivity index (χ2n) is 4.85. The number of aromatic nitrogens is 1. The minimum absolute atomic E-state index is 0.117. The van der Waals surface area contributed by atoms with Crippen LogP contribution in [0.2, 0.25) is 0 Å². The summed E-state index contributed by atoms with van der Waals surface area (Å²) in [4.78, 5) is 15.2. The summed E-state index contributed by atoms with van der Waals surface area (Å²) in [6, 6.07) is 3.91. The molecule has 106 valence electrons. The molecule has 6 nitrogen and oxygen atoms in total. The number of nitrogens with one attached hydrogen (secondary N) is 1. The Morgan fingerprint density at radius 2 is 2.35 bits per heavy atom. The molecule has 7 heteroatoms. The van der Waals surface area contributed by atoms with Gasteiger partial charge in [0.1, 0.15) is 0 Å². The third kappa shape index (κ3) is 3.23. The molecule has 0 radical (unpaired) electrons. The van der Waals surface area contributed by atoms with Crippen LogP contribution < -0.4 is 5.32 Å². The molecule has 0 bridgehead atoms. The maximum Gasteiger partial charge on any atom is 0.324 e. The highest BCUT2D eigenvalue weighted by Crippen LogP contribution is 2.33. The third-order valence-electron chi connectivity index (χ3n) is 3.15. The molecule has 0 amide bonds. The minimum Gasteiger partial charge on any atom is -0.440 e. The molecule has 3 rings (SSSR count). The van der Waals surface area contributed by atoms with Crippen LogP contribution in [-0.4, -0.2) is 22.5 Å². The van der Waals surface area contributed by atoms with Crippen molar-refractivity contribution < 1.29 is 9.34 Å². The highest BCUT2D eigenvalue weighted by atomic mass is 32.1. The van der Waals surface area contributed by atoms with E-state index < -0.39 is 4.92 Å². The van der Waals surface area contributed by atoms with E-state index in [0.717, 1.165) is 41.6 Å². The molecule has 0 saturated heterocycles. The molecular weight excluding hydrogens is 278 g/mol. The van der Waals surface area contributed by atoms with Gasteiger partial charge in [-0.3, -0.25) is 10.1 Å². The van der Waals surface area contributed by atoms with Crippen LogP contribution in [0.1, 0.15) is 25.2 Å². The van der Waals surface area contributed by atoms with Gasteiger partial charge >= 0.3 is 5.00 Å². The summed E-state index contributed by atoms with van der Waals surface area (Å²) in [5, 5.41) is 14.2. The topological polar surface area (TPSA) is 81.2 Å². The standard InChI is InChI=1S/C13H15N3O3S/c17-16(18)13-6-5-11(20-13)10-8-15-12(19-10)2-1-7-14-9-3-4-9/h5-6,8-9,14H,1-4,7H2. The zero-order chi connectivity index (χ0) is 13.9. The molecule has 0 spiro atoms. The van der Waals surface area contributed by atoms with Gasteiger partial charge in [-0.2, -0.15) is 0 Å². The number of oxazole rings is 1. The maximum atomic E-state index is 10.6. The molecule has 1 fully saturated rings. The number of rotatable bonds is 7. The SMILES string of the molecule is O=[N+]([O-])c1ccc(-c2cnc(CCCNC3CC3)o2)s1. The predicted octanol–water partition coefficient (Wildman–Crippen LogP) is 3.00. The first-order valence-electron chi connectivity index (χ1n) is 6.65. The second-order valence-corrected chi connectivity index (χ2v) is 5.91. The summed E-state index contributed by atoms with van der Waals surface area (Å²) >= 11 is 1.10. The van der Waals surface area contributed by atoms with E-state index in [1.54, 1.807) is 12.3 Å². The first kappa shape index (κ1) is 13.3. The van der Waals surface area contributed by atoms with Gasteiger partial charge in [0.2, 0.25) is 0 Å². The lowest BCUT2D eigenvalue weighted by atomic mass is 10.3. The summed E-state index contributed by atoms with van der Waals surface area (Å²) in [5.41, 5.74) is 0. The Kier molecular flexibility index (Phi) is 3.79. The van der Waals surface area contributed by atoms with E-state index in [9.17, 15) is 10.1 Å². The zero-order valence-corrected chi connectivity index (χ0v) is 11.7. The molecule has 1 aliphatic carbocycles. The summed E-state index contributed by atoms with van der Waals surface area (Å²) in [7, 11) is 0. The number of nitro groups is 1. The van der Waals surface area contributed by atoms with Crippen molar-refractivity contribution in [1.29, 1.82) is 0 Å². The van der Waals surface area contributed by atoms with Crippen LogP contribution in [0.4, 0.5) is 5.00 Å². The lowest BCUT2D eigenvalue weighted by Crippen LogP contribution is -2.17. The van der Waals surface area contributed by atoms with Gasteiger partial charge in [0, 0.05) is 18.5 Å². The number of hydrogen-bond acceptors (Lipinski definition) is 6. The zero-order valence-electron chi connectivity index (χ0n) is 10.9. The van der Waals surface area contributed by atoms with E-state index in [-0.39, 0.29) is 5.00 Å². The number of thiophene rings is 1. The van der Waals surface area contributed by atoms with E-state index in [1.165, 1.54) is 18.9 Å². The molecule has 0 aromatic carbocycles. The smallest absolute Gasteiger partial charge is 0.324 e. The van der Waals surface area contributed by atoms with Crippen molar-refractivity contribution in [2.75, 3.05) is 6.54 Å². The van der Waals surface area contributed by atoms with Crippen molar-refractivity contribution in [1.82, 2.24) is 10.3 Å². The second kappa shape index (κ2) is 5.72. The molecule has 2 aromatic heterocycles. The molecule has 2 aromatic rings. The minimum atomic E-state index is -0.394. The summed E-state index contributed by atoms with van der Waals surface area (Å²) in [6.45, 7) is 0.979. The number of aryl methyl sites for hydroxylation is 1. The fourth-order valence-corrected chi connectivity index (χ4v) is 2.70. The van der Waals surface area contributed by atoms with Crippen LogP contribution in [0, 0.1) is 10.1 Å². The molecule has 2 heterocycles. The molecule has 20 heavy (non-hydrogen) atoms. The van der Waals surface area contributed by atoms with Gasteiger partial charge < -0.3 is 9.73 Å².